The van der Waals surface area contributed by atoms with Gasteiger partial charge in [-0.25, -0.2) is 0 Å². The molecular weight excluding hydrogens is 250 g/mol. The second kappa shape index (κ2) is 4.87. The molecule has 2 rings (SSSR count). The fraction of sp³-hybridized carbons (Fsp3) is 0.500. The molecule has 1 aromatic carbocycles. The molecule has 0 aromatic heterocycles. The van der Waals surface area contributed by atoms with Crippen molar-refractivity contribution in [1.29, 1.82) is 0 Å². The highest BCUT2D eigenvalue weighted by Gasteiger charge is 2.36. The molecule has 1 aromatic rings. The number of rotatable bonds is 2. The van der Waals surface area contributed by atoms with Crippen molar-refractivity contribution in [1.82, 2.24) is 4.31 Å². The topological polar surface area (TPSA) is 66.6 Å². The van der Waals surface area contributed by atoms with Crippen molar-refractivity contribution in [3.05, 3.63) is 29.8 Å². The number of hydrogen-bond donors (Lipinski definition) is 1. The molecule has 0 spiro atoms. The average Bonchev–Trinajstić information content (AvgIpc) is 2.33. The summed E-state index contributed by atoms with van der Waals surface area (Å²) in [5.74, 6) is 0.165. The molecule has 1 saturated heterocycles. The van der Waals surface area contributed by atoms with Crippen molar-refractivity contribution < 1.29 is 8.42 Å². The maximum Gasteiger partial charge on any atom is 0.303 e. The Balaban J connectivity index is 2.43. The molecule has 6 heteroatoms. The van der Waals surface area contributed by atoms with Gasteiger partial charge in [0.25, 0.3) is 0 Å². The molecule has 0 amide bonds. The standard InChI is InChI=1S/C12H19N3O2S/c1-10-5-3-4-6-12(10)15-9-11(7-13)8-14(2)18(15,16)17/h3-6,11H,7-9,13H2,1-2H3. The van der Waals surface area contributed by atoms with Crippen molar-refractivity contribution >= 4 is 15.9 Å². The zero-order valence-electron chi connectivity index (χ0n) is 10.7. The Kier molecular flexibility index (Phi) is 3.61. The molecule has 1 aliphatic heterocycles. The number of nitrogens with zero attached hydrogens (tertiary/aromatic N) is 2. The Morgan fingerprint density at radius 3 is 2.61 bits per heavy atom. The highest BCUT2D eigenvalue weighted by atomic mass is 32.2. The van der Waals surface area contributed by atoms with Crippen LogP contribution in [0.5, 0.6) is 0 Å². The Hall–Kier alpha value is -1.11. The smallest absolute Gasteiger partial charge is 0.303 e. The molecule has 0 radical (unpaired) electrons. The predicted molar refractivity (Wildman–Crippen MR) is 72.6 cm³/mol. The molecular formula is C12H19N3O2S. The number of para-hydroxylation sites is 1. The van der Waals surface area contributed by atoms with Gasteiger partial charge in [0.05, 0.1) is 5.69 Å². The lowest BCUT2D eigenvalue weighted by Crippen LogP contribution is -2.54. The zero-order valence-corrected chi connectivity index (χ0v) is 11.5. The Labute approximate surface area is 108 Å². The van der Waals surface area contributed by atoms with Crippen LogP contribution in [-0.4, -0.2) is 39.4 Å². The second-order valence-electron chi connectivity index (χ2n) is 4.71. The SMILES string of the molecule is Cc1ccccc1N1CC(CN)CN(C)S1(=O)=O. The van der Waals surface area contributed by atoms with E-state index in [1.165, 1.54) is 8.61 Å². The summed E-state index contributed by atoms with van der Waals surface area (Å²) in [6.07, 6.45) is 0. The third-order valence-corrected chi connectivity index (χ3v) is 5.17. The van der Waals surface area contributed by atoms with E-state index in [2.05, 4.69) is 0 Å². The highest BCUT2D eigenvalue weighted by Crippen LogP contribution is 2.28. The maximum atomic E-state index is 12.3. The lowest BCUT2D eigenvalue weighted by molar-refractivity contribution is 0.363. The van der Waals surface area contributed by atoms with E-state index in [1.54, 1.807) is 7.05 Å². The molecule has 1 unspecified atom stereocenters. The van der Waals surface area contributed by atoms with E-state index >= 15 is 0 Å². The van der Waals surface area contributed by atoms with Crippen LogP contribution in [0.1, 0.15) is 5.56 Å². The first-order valence-corrected chi connectivity index (χ1v) is 7.36. The van der Waals surface area contributed by atoms with E-state index in [1.807, 2.05) is 31.2 Å². The molecule has 1 heterocycles. The van der Waals surface area contributed by atoms with E-state index < -0.39 is 10.2 Å². The van der Waals surface area contributed by atoms with Gasteiger partial charge in [-0.1, -0.05) is 18.2 Å². The highest BCUT2D eigenvalue weighted by molar-refractivity contribution is 7.90. The quantitative estimate of drug-likeness (QED) is 0.853. The normalized spacial score (nSPS) is 24.2. The van der Waals surface area contributed by atoms with Crippen molar-refractivity contribution in [2.75, 3.05) is 31.0 Å². The lowest BCUT2D eigenvalue weighted by atomic mass is 10.1. The summed E-state index contributed by atoms with van der Waals surface area (Å²) in [5, 5.41) is 0. The molecule has 1 aliphatic rings. The summed E-state index contributed by atoms with van der Waals surface area (Å²) >= 11 is 0. The first-order valence-electron chi connectivity index (χ1n) is 5.96. The molecule has 0 aliphatic carbocycles. The Morgan fingerprint density at radius 1 is 1.33 bits per heavy atom. The second-order valence-corrected chi connectivity index (χ2v) is 6.67. The van der Waals surface area contributed by atoms with Gasteiger partial charge in [-0.3, -0.25) is 4.31 Å². The van der Waals surface area contributed by atoms with Crippen LogP contribution in [0.3, 0.4) is 0 Å². The summed E-state index contributed by atoms with van der Waals surface area (Å²) in [7, 11) is -1.81. The number of aryl methyl sites for hydroxylation is 1. The van der Waals surface area contributed by atoms with E-state index in [0.717, 1.165) is 11.3 Å². The minimum atomic E-state index is -3.41. The van der Waals surface area contributed by atoms with Gasteiger partial charge in [-0.15, -0.1) is 0 Å². The largest absolute Gasteiger partial charge is 0.330 e. The number of anilines is 1. The lowest BCUT2D eigenvalue weighted by Gasteiger charge is -2.38. The number of benzene rings is 1. The van der Waals surface area contributed by atoms with Gasteiger partial charge in [0.1, 0.15) is 0 Å². The minimum Gasteiger partial charge on any atom is -0.330 e. The minimum absolute atomic E-state index is 0.165. The van der Waals surface area contributed by atoms with Crippen LogP contribution < -0.4 is 10.0 Å². The van der Waals surface area contributed by atoms with Gasteiger partial charge in [0.15, 0.2) is 0 Å². The monoisotopic (exact) mass is 269 g/mol. The van der Waals surface area contributed by atoms with Crippen LogP contribution >= 0.6 is 0 Å². The molecule has 0 bridgehead atoms. The summed E-state index contributed by atoms with van der Waals surface area (Å²) in [5.41, 5.74) is 7.37. The molecule has 2 N–H and O–H groups in total. The summed E-state index contributed by atoms with van der Waals surface area (Å²) in [4.78, 5) is 0. The summed E-state index contributed by atoms with van der Waals surface area (Å²) in [6.45, 7) is 3.34. The van der Waals surface area contributed by atoms with Crippen LogP contribution in [0.2, 0.25) is 0 Å². The van der Waals surface area contributed by atoms with Crippen LogP contribution in [0.25, 0.3) is 0 Å². The predicted octanol–water partition coefficient (Wildman–Crippen LogP) is 0.567. The van der Waals surface area contributed by atoms with Crippen molar-refractivity contribution in [3.8, 4) is 0 Å². The fourth-order valence-corrected chi connectivity index (χ4v) is 3.82. The van der Waals surface area contributed by atoms with Crippen LogP contribution in [-0.2, 0) is 10.2 Å². The zero-order chi connectivity index (χ0) is 13.3. The molecule has 0 saturated carbocycles. The molecule has 1 fully saturated rings. The van der Waals surface area contributed by atoms with Crippen molar-refractivity contribution in [2.45, 2.75) is 6.92 Å². The van der Waals surface area contributed by atoms with Crippen LogP contribution in [0.4, 0.5) is 5.69 Å². The van der Waals surface area contributed by atoms with E-state index in [-0.39, 0.29) is 5.92 Å². The van der Waals surface area contributed by atoms with Gasteiger partial charge in [-0.2, -0.15) is 12.7 Å². The molecule has 100 valence electrons. The number of nitrogens with two attached hydrogens (primary N) is 1. The number of hydrogen-bond acceptors (Lipinski definition) is 3. The van der Waals surface area contributed by atoms with E-state index in [4.69, 9.17) is 5.73 Å². The third-order valence-electron chi connectivity index (χ3n) is 3.33. The van der Waals surface area contributed by atoms with E-state index in [0.29, 0.717) is 19.6 Å². The van der Waals surface area contributed by atoms with Crippen LogP contribution in [0, 0.1) is 12.8 Å². The van der Waals surface area contributed by atoms with Crippen LogP contribution in [0.15, 0.2) is 24.3 Å². The first-order chi connectivity index (χ1) is 8.46. The van der Waals surface area contributed by atoms with E-state index in [9.17, 15) is 8.42 Å². The molecule has 1 atom stereocenters. The summed E-state index contributed by atoms with van der Waals surface area (Å²) in [6, 6.07) is 7.50. The fourth-order valence-electron chi connectivity index (χ4n) is 2.23. The maximum absolute atomic E-state index is 12.3. The van der Waals surface area contributed by atoms with Crippen molar-refractivity contribution in [2.24, 2.45) is 11.7 Å². The van der Waals surface area contributed by atoms with Gasteiger partial charge < -0.3 is 5.73 Å². The Morgan fingerprint density at radius 2 is 2.00 bits per heavy atom. The molecule has 5 nitrogen and oxygen atoms in total. The van der Waals surface area contributed by atoms with Gasteiger partial charge in [-0.05, 0) is 25.1 Å². The van der Waals surface area contributed by atoms with Crippen molar-refractivity contribution in [3.63, 3.8) is 0 Å². The van der Waals surface area contributed by atoms with Gasteiger partial charge >= 0.3 is 10.2 Å². The summed E-state index contributed by atoms with van der Waals surface area (Å²) < 4.78 is 27.5. The Bertz CT molecular complexity index is 530. The average molecular weight is 269 g/mol. The van der Waals surface area contributed by atoms with Gasteiger partial charge in [0.2, 0.25) is 0 Å². The third kappa shape index (κ3) is 2.23. The first kappa shape index (κ1) is 13.3. The van der Waals surface area contributed by atoms with Gasteiger partial charge in [0, 0.05) is 26.1 Å². The molecule has 18 heavy (non-hydrogen) atoms.